The number of hydrogen-bond donors (Lipinski definition) is 1. The molecular weight excluding hydrogens is 470 g/mol. The molecule has 1 atom stereocenters. The Morgan fingerprint density at radius 2 is 1.89 bits per heavy atom. The van der Waals surface area contributed by atoms with Crippen molar-refractivity contribution in [1.29, 1.82) is 0 Å². The van der Waals surface area contributed by atoms with Crippen molar-refractivity contribution in [2.24, 2.45) is 0 Å². The van der Waals surface area contributed by atoms with Gasteiger partial charge in [0.15, 0.2) is 11.5 Å². The first-order valence-corrected chi connectivity index (χ1v) is 12.6. The molecule has 194 valence electrons. The van der Waals surface area contributed by atoms with E-state index in [4.69, 9.17) is 23.9 Å². The molecule has 37 heavy (non-hydrogen) atoms. The van der Waals surface area contributed by atoms with Crippen molar-refractivity contribution in [1.82, 2.24) is 9.88 Å². The Balaban J connectivity index is 1.37. The van der Waals surface area contributed by atoms with Gasteiger partial charge in [0.1, 0.15) is 24.5 Å². The molecule has 2 aromatic carbocycles. The fourth-order valence-electron chi connectivity index (χ4n) is 4.75. The van der Waals surface area contributed by atoms with Gasteiger partial charge in [-0.2, -0.15) is 0 Å². The Hall–Kier alpha value is -3.94. The highest BCUT2D eigenvalue weighted by Gasteiger charge is 2.33. The van der Waals surface area contributed by atoms with E-state index in [-0.39, 0.29) is 12.1 Å². The SMILES string of the molecule is COc1nc(-c2cccc3c2OCCO3)ccc1Nc1cccc([C@@H]2CCCN2C(=O)OC(C)(C)C)c1. The molecule has 8 nitrogen and oxygen atoms in total. The van der Waals surface area contributed by atoms with Crippen molar-refractivity contribution in [2.45, 2.75) is 45.3 Å². The van der Waals surface area contributed by atoms with Crippen LogP contribution in [0.1, 0.15) is 45.2 Å². The van der Waals surface area contributed by atoms with E-state index in [9.17, 15) is 4.79 Å². The van der Waals surface area contributed by atoms with Gasteiger partial charge in [0.05, 0.1) is 18.8 Å². The maximum atomic E-state index is 12.8. The zero-order chi connectivity index (χ0) is 26.0. The molecule has 0 spiro atoms. The van der Waals surface area contributed by atoms with Gasteiger partial charge in [0.25, 0.3) is 0 Å². The summed E-state index contributed by atoms with van der Waals surface area (Å²) in [6.07, 6.45) is 1.57. The average Bonchev–Trinajstić information content (AvgIpc) is 3.38. The zero-order valence-electron chi connectivity index (χ0n) is 21.7. The molecular formula is C29H33N3O5. The predicted octanol–water partition coefficient (Wildman–Crippen LogP) is 6.34. The van der Waals surface area contributed by atoms with Gasteiger partial charge in [-0.1, -0.05) is 18.2 Å². The minimum Gasteiger partial charge on any atom is -0.486 e. The van der Waals surface area contributed by atoms with Crippen LogP contribution < -0.4 is 19.5 Å². The second-order valence-corrected chi connectivity index (χ2v) is 10.2. The average molecular weight is 504 g/mol. The summed E-state index contributed by atoms with van der Waals surface area (Å²) in [6, 6.07) is 17.7. The van der Waals surface area contributed by atoms with Crippen LogP contribution in [-0.4, -0.2) is 48.4 Å². The highest BCUT2D eigenvalue weighted by molar-refractivity contribution is 5.75. The standard InChI is InChI=1S/C29H33N3O5/c1-29(2,3)37-28(33)32-15-7-11-24(32)19-8-5-9-20(18-19)30-23-14-13-22(31-27(23)34-4)21-10-6-12-25-26(21)36-17-16-35-25/h5-6,8-10,12-14,18,24,30H,7,11,15-17H2,1-4H3/t24-/m0/s1. The molecule has 0 aliphatic carbocycles. The van der Waals surface area contributed by atoms with Gasteiger partial charge in [0, 0.05) is 17.8 Å². The second kappa shape index (κ2) is 10.2. The number of carbonyl (C=O) groups excluding carboxylic acids is 1. The number of aromatic nitrogens is 1. The molecule has 0 unspecified atom stereocenters. The van der Waals surface area contributed by atoms with E-state index >= 15 is 0 Å². The lowest BCUT2D eigenvalue weighted by Crippen LogP contribution is -2.36. The quantitative estimate of drug-likeness (QED) is 0.435. The Bertz CT molecular complexity index is 1290. The number of likely N-dealkylation sites (tertiary alicyclic amines) is 1. The number of carbonyl (C=O) groups is 1. The van der Waals surface area contributed by atoms with Crippen molar-refractivity contribution in [3.8, 4) is 28.6 Å². The van der Waals surface area contributed by atoms with E-state index in [0.717, 1.165) is 46.8 Å². The van der Waals surface area contributed by atoms with E-state index in [1.807, 2.05) is 68.1 Å². The number of amides is 1. The second-order valence-electron chi connectivity index (χ2n) is 10.2. The first kappa shape index (κ1) is 24.7. The highest BCUT2D eigenvalue weighted by atomic mass is 16.6. The number of nitrogens with zero attached hydrogens (tertiary/aromatic N) is 2. The highest BCUT2D eigenvalue weighted by Crippen LogP contribution is 2.41. The van der Waals surface area contributed by atoms with E-state index in [0.29, 0.717) is 31.4 Å². The first-order valence-electron chi connectivity index (χ1n) is 12.6. The van der Waals surface area contributed by atoms with E-state index in [2.05, 4.69) is 17.4 Å². The maximum Gasteiger partial charge on any atom is 0.410 e. The smallest absolute Gasteiger partial charge is 0.410 e. The molecule has 1 fully saturated rings. The number of rotatable bonds is 5. The maximum absolute atomic E-state index is 12.8. The number of benzene rings is 2. The lowest BCUT2D eigenvalue weighted by atomic mass is 10.0. The number of para-hydroxylation sites is 1. The molecule has 3 heterocycles. The Morgan fingerprint density at radius 1 is 1.08 bits per heavy atom. The first-order chi connectivity index (χ1) is 17.8. The van der Waals surface area contributed by atoms with Gasteiger partial charge in [-0.3, -0.25) is 0 Å². The molecule has 8 heteroatoms. The fraction of sp³-hybridized carbons (Fsp3) is 0.379. The van der Waals surface area contributed by atoms with Gasteiger partial charge in [-0.15, -0.1) is 0 Å². The molecule has 1 N–H and O–H groups in total. The third kappa shape index (κ3) is 5.43. The van der Waals surface area contributed by atoms with Crippen molar-refractivity contribution >= 4 is 17.5 Å². The normalized spacial score (nSPS) is 16.9. The van der Waals surface area contributed by atoms with Crippen LogP contribution in [0.2, 0.25) is 0 Å². The molecule has 1 saturated heterocycles. The third-order valence-electron chi connectivity index (χ3n) is 6.33. The third-order valence-corrected chi connectivity index (χ3v) is 6.33. The molecule has 3 aromatic rings. The summed E-state index contributed by atoms with van der Waals surface area (Å²) < 4.78 is 22.9. The molecule has 0 radical (unpaired) electrons. The number of hydrogen-bond acceptors (Lipinski definition) is 7. The Kier molecular flexibility index (Phi) is 6.82. The predicted molar refractivity (Wildman–Crippen MR) is 142 cm³/mol. The molecule has 1 aromatic heterocycles. The molecule has 0 saturated carbocycles. The lowest BCUT2D eigenvalue weighted by Gasteiger charge is -2.29. The van der Waals surface area contributed by atoms with Gasteiger partial charge >= 0.3 is 6.09 Å². The van der Waals surface area contributed by atoms with E-state index in [1.165, 1.54) is 0 Å². The minimum atomic E-state index is -0.526. The Morgan fingerprint density at radius 3 is 2.70 bits per heavy atom. The molecule has 5 rings (SSSR count). The molecule has 2 aliphatic heterocycles. The van der Waals surface area contributed by atoms with Crippen molar-refractivity contribution in [3.05, 3.63) is 60.2 Å². The number of ether oxygens (including phenoxy) is 4. The van der Waals surface area contributed by atoms with Crippen LogP contribution in [0.25, 0.3) is 11.3 Å². The van der Waals surface area contributed by atoms with Crippen molar-refractivity contribution < 1.29 is 23.7 Å². The van der Waals surface area contributed by atoms with Crippen molar-refractivity contribution in [2.75, 3.05) is 32.2 Å². The molecule has 1 amide bonds. The van der Waals surface area contributed by atoms with E-state index in [1.54, 1.807) is 7.11 Å². The van der Waals surface area contributed by atoms with Crippen LogP contribution in [0.4, 0.5) is 16.2 Å². The summed E-state index contributed by atoms with van der Waals surface area (Å²) in [5, 5.41) is 3.43. The largest absolute Gasteiger partial charge is 0.486 e. The number of fused-ring (bicyclic) bond motifs is 1. The van der Waals surface area contributed by atoms with Crippen LogP contribution in [0, 0.1) is 0 Å². The van der Waals surface area contributed by atoms with Crippen LogP contribution in [0.3, 0.4) is 0 Å². The number of methoxy groups -OCH3 is 1. The number of anilines is 2. The van der Waals surface area contributed by atoms with Gasteiger partial charge < -0.3 is 29.2 Å². The van der Waals surface area contributed by atoms with Crippen LogP contribution >= 0.6 is 0 Å². The summed E-state index contributed by atoms with van der Waals surface area (Å²) >= 11 is 0. The van der Waals surface area contributed by atoms with Crippen LogP contribution in [0.15, 0.2) is 54.6 Å². The summed E-state index contributed by atoms with van der Waals surface area (Å²) in [7, 11) is 1.60. The number of pyridine rings is 1. The van der Waals surface area contributed by atoms with E-state index < -0.39 is 5.60 Å². The van der Waals surface area contributed by atoms with Gasteiger partial charge in [0.2, 0.25) is 5.88 Å². The summed E-state index contributed by atoms with van der Waals surface area (Å²) in [6.45, 7) is 7.39. The lowest BCUT2D eigenvalue weighted by molar-refractivity contribution is 0.0224. The fourth-order valence-corrected chi connectivity index (χ4v) is 4.75. The molecule has 2 aliphatic rings. The summed E-state index contributed by atoms with van der Waals surface area (Å²) in [4.78, 5) is 19.4. The Labute approximate surface area is 217 Å². The topological polar surface area (TPSA) is 82.2 Å². The van der Waals surface area contributed by atoms with Crippen molar-refractivity contribution in [3.63, 3.8) is 0 Å². The molecule has 0 bridgehead atoms. The number of nitrogens with one attached hydrogen (secondary N) is 1. The van der Waals surface area contributed by atoms with Gasteiger partial charge in [-0.25, -0.2) is 9.78 Å². The van der Waals surface area contributed by atoms with Crippen LogP contribution in [-0.2, 0) is 4.74 Å². The summed E-state index contributed by atoms with van der Waals surface area (Å²) in [5.74, 6) is 1.88. The van der Waals surface area contributed by atoms with Gasteiger partial charge in [-0.05, 0) is 75.6 Å². The monoisotopic (exact) mass is 503 g/mol. The summed E-state index contributed by atoms with van der Waals surface area (Å²) in [5.41, 5.74) is 3.74. The zero-order valence-corrected chi connectivity index (χ0v) is 21.7. The minimum absolute atomic E-state index is 0.0227. The van der Waals surface area contributed by atoms with Crippen LogP contribution in [0.5, 0.6) is 17.4 Å².